The molecule has 0 saturated carbocycles. The van der Waals surface area contributed by atoms with Crippen molar-refractivity contribution in [3.05, 3.63) is 48.8 Å². The van der Waals surface area contributed by atoms with E-state index in [1.165, 1.54) is 0 Å². The molecule has 1 N–H and O–H groups in total. The summed E-state index contributed by atoms with van der Waals surface area (Å²) >= 11 is 0. The van der Waals surface area contributed by atoms with E-state index >= 15 is 0 Å². The summed E-state index contributed by atoms with van der Waals surface area (Å²) in [5, 5.41) is 6.79. The van der Waals surface area contributed by atoms with Crippen LogP contribution < -0.4 is 4.74 Å². The molecule has 1 aromatic carbocycles. The number of hydrogen-bond acceptors (Lipinski definition) is 4. The average molecular weight is 280 g/mol. The van der Waals surface area contributed by atoms with E-state index in [-0.39, 0.29) is 6.10 Å². The highest BCUT2D eigenvalue weighted by Gasteiger charge is 2.07. The molecule has 5 nitrogen and oxygen atoms in total. The Labute approximate surface area is 123 Å². The molecule has 0 radical (unpaired) electrons. The molecule has 3 rings (SSSR count). The molecule has 0 saturated heterocycles. The average Bonchev–Trinajstić information content (AvgIpc) is 3.01. The molecule has 0 spiro atoms. The summed E-state index contributed by atoms with van der Waals surface area (Å²) in [5.74, 6) is 1.46. The number of benzene rings is 1. The van der Waals surface area contributed by atoms with Gasteiger partial charge in [0.2, 0.25) is 0 Å². The fraction of sp³-hybridized carbons (Fsp3) is 0.188. The summed E-state index contributed by atoms with van der Waals surface area (Å²) in [5.41, 5.74) is 2.64. The zero-order chi connectivity index (χ0) is 14.7. The molecule has 0 aliphatic rings. The smallest absolute Gasteiger partial charge is 0.178 e. The fourth-order valence-corrected chi connectivity index (χ4v) is 2.03. The van der Waals surface area contributed by atoms with E-state index in [1.807, 2.05) is 50.2 Å². The summed E-state index contributed by atoms with van der Waals surface area (Å²) in [6.45, 7) is 4.02. The predicted octanol–water partition coefficient (Wildman–Crippen LogP) is 3.32. The second-order valence-electron chi connectivity index (χ2n) is 4.93. The van der Waals surface area contributed by atoms with Crippen LogP contribution in [0, 0.1) is 0 Å². The van der Waals surface area contributed by atoms with Crippen LogP contribution >= 0.6 is 0 Å². The third-order valence-corrected chi connectivity index (χ3v) is 2.90. The number of nitrogens with zero attached hydrogens (tertiary/aromatic N) is 3. The third-order valence-electron chi connectivity index (χ3n) is 2.90. The maximum atomic E-state index is 5.72. The number of aromatic amines is 1. The zero-order valence-electron chi connectivity index (χ0n) is 11.9. The first-order valence-electron chi connectivity index (χ1n) is 6.82. The van der Waals surface area contributed by atoms with Gasteiger partial charge in [-0.05, 0) is 38.1 Å². The van der Waals surface area contributed by atoms with Crippen LogP contribution in [0.1, 0.15) is 13.8 Å². The van der Waals surface area contributed by atoms with Crippen molar-refractivity contribution in [2.75, 3.05) is 0 Å². The summed E-state index contributed by atoms with van der Waals surface area (Å²) in [7, 11) is 0. The molecule has 0 atom stereocenters. The maximum Gasteiger partial charge on any atom is 0.178 e. The highest BCUT2D eigenvalue weighted by Crippen LogP contribution is 2.24. The van der Waals surface area contributed by atoms with Crippen LogP contribution in [-0.2, 0) is 0 Å². The van der Waals surface area contributed by atoms with Gasteiger partial charge in [-0.25, -0.2) is 9.97 Å². The molecule has 0 aliphatic heterocycles. The van der Waals surface area contributed by atoms with Gasteiger partial charge in [-0.15, -0.1) is 0 Å². The minimum Gasteiger partial charge on any atom is -0.491 e. The minimum atomic E-state index is 0.145. The lowest BCUT2D eigenvalue weighted by Crippen LogP contribution is -2.05. The van der Waals surface area contributed by atoms with E-state index in [4.69, 9.17) is 4.74 Å². The molecule has 2 heterocycles. The van der Waals surface area contributed by atoms with Crippen LogP contribution in [0.15, 0.2) is 48.8 Å². The van der Waals surface area contributed by atoms with Crippen LogP contribution in [-0.4, -0.2) is 26.3 Å². The standard InChI is InChI=1S/C16H16N4O/c1-11(2)21-13-5-3-4-12(10-13)14-6-8-17-16(19-14)15-7-9-18-20-15/h3-11H,1-2H3,(H,18,20). The lowest BCUT2D eigenvalue weighted by atomic mass is 10.1. The Kier molecular flexibility index (Phi) is 3.64. The first kappa shape index (κ1) is 13.3. The molecule has 5 heteroatoms. The van der Waals surface area contributed by atoms with Crippen molar-refractivity contribution in [1.82, 2.24) is 20.2 Å². The quantitative estimate of drug-likeness (QED) is 0.796. The summed E-state index contributed by atoms with van der Waals surface area (Å²) in [6.07, 6.45) is 3.57. The van der Waals surface area contributed by atoms with Gasteiger partial charge in [0, 0.05) is 18.0 Å². The predicted molar refractivity (Wildman–Crippen MR) is 80.8 cm³/mol. The van der Waals surface area contributed by atoms with Crippen molar-refractivity contribution in [2.24, 2.45) is 0 Å². The van der Waals surface area contributed by atoms with Gasteiger partial charge in [0.05, 0.1) is 11.8 Å². The van der Waals surface area contributed by atoms with E-state index in [9.17, 15) is 0 Å². The Morgan fingerprint density at radius 1 is 1.10 bits per heavy atom. The molecule has 0 bridgehead atoms. The second-order valence-corrected chi connectivity index (χ2v) is 4.93. The lowest BCUT2D eigenvalue weighted by molar-refractivity contribution is 0.242. The molecule has 0 amide bonds. The number of rotatable bonds is 4. The van der Waals surface area contributed by atoms with E-state index in [0.29, 0.717) is 5.82 Å². The molecule has 0 aliphatic carbocycles. The van der Waals surface area contributed by atoms with Crippen LogP contribution in [0.5, 0.6) is 5.75 Å². The monoisotopic (exact) mass is 280 g/mol. The van der Waals surface area contributed by atoms with E-state index in [2.05, 4.69) is 20.2 Å². The van der Waals surface area contributed by atoms with Gasteiger partial charge in [-0.2, -0.15) is 5.10 Å². The molecular weight excluding hydrogens is 264 g/mol. The molecular formula is C16H16N4O. The van der Waals surface area contributed by atoms with Gasteiger partial charge in [0.25, 0.3) is 0 Å². The van der Waals surface area contributed by atoms with Gasteiger partial charge in [0.1, 0.15) is 11.4 Å². The molecule has 0 fully saturated rings. The molecule has 21 heavy (non-hydrogen) atoms. The lowest BCUT2D eigenvalue weighted by Gasteiger charge is -2.10. The Bertz CT molecular complexity index is 723. The van der Waals surface area contributed by atoms with E-state index in [1.54, 1.807) is 12.4 Å². The molecule has 106 valence electrons. The molecule has 0 unspecified atom stereocenters. The number of H-pyrrole nitrogens is 1. The van der Waals surface area contributed by atoms with Gasteiger partial charge < -0.3 is 4.74 Å². The Hall–Kier alpha value is -2.69. The second kappa shape index (κ2) is 5.75. The summed E-state index contributed by atoms with van der Waals surface area (Å²) in [6, 6.07) is 11.6. The molecule has 3 aromatic rings. The first-order chi connectivity index (χ1) is 10.2. The molecule has 2 aromatic heterocycles. The fourth-order valence-electron chi connectivity index (χ4n) is 2.03. The Morgan fingerprint density at radius 3 is 2.76 bits per heavy atom. The Balaban J connectivity index is 1.95. The van der Waals surface area contributed by atoms with Gasteiger partial charge in [-0.1, -0.05) is 12.1 Å². The minimum absolute atomic E-state index is 0.145. The number of aromatic nitrogens is 4. The highest BCUT2D eigenvalue weighted by atomic mass is 16.5. The first-order valence-corrected chi connectivity index (χ1v) is 6.82. The SMILES string of the molecule is CC(C)Oc1cccc(-c2ccnc(-c3ccn[nH]3)n2)c1. The highest BCUT2D eigenvalue weighted by molar-refractivity contribution is 5.63. The van der Waals surface area contributed by atoms with Crippen molar-refractivity contribution in [3.63, 3.8) is 0 Å². The van der Waals surface area contributed by atoms with Crippen molar-refractivity contribution in [3.8, 4) is 28.5 Å². The van der Waals surface area contributed by atoms with Crippen molar-refractivity contribution in [1.29, 1.82) is 0 Å². The van der Waals surface area contributed by atoms with Crippen molar-refractivity contribution in [2.45, 2.75) is 20.0 Å². The largest absolute Gasteiger partial charge is 0.491 e. The van der Waals surface area contributed by atoms with Crippen molar-refractivity contribution >= 4 is 0 Å². The van der Waals surface area contributed by atoms with Crippen molar-refractivity contribution < 1.29 is 4.74 Å². The number of nitrogens with one attached hydrogen (secondary N) is 1. The van der Waals surface area contributed by atoms with Gasteiger partial charge in [-0.3, -0.25) is 5.10 Å². The van der Waals surface area contributed by atoms with Crippen LogP contribution in [0.4, 0.5) is 0 Å². The summed E-state index contributed by atoms with van der Waals surface area (Å²) < 4.78 is 5.72. The maximum absolute atomic E-state index is 5.72. The van der Waals surface area contributed by atoms with E-state index < -0.39 is 0 Å². The Morgan fingerprint density at radius 2 is 2.00 bits per heavy atom. The third kappa shape index (κ3) is 3.08. The number of ether oxygens (including phenoxy) is 1. The van der Waals surface area contributed by atoms with Crippen LogP contribution in [0.3, 0.4) is 0 Å². The van der Waals surface area contributed by atoms with Gasteiger partial charge >= 0.3 is 0 Å². The topological polar surface area (TPSA) is 63.7 Å². The summed E-state index contributed by atoms with van der Waals surface area (Å²) in [4.78, 5) is 8.83. The van der Waals surface area contributed by atoms with E-state index in [0.717, 1.165) is 22.7 Å². The normalized spacial score (nSPS) is 10.8. The number of hydrogen-bond donors (Lipinski definition) is 1. The van der Waals surface area contributed by atoms with Crippen LogP contribution in [0.2, 0.25) is 0 Å². The van der Waals surface area contributed by atoms with Gasteiger partial charge in [0.15, 0.2) is 5.82 Å². The van der Waals surface area contributed by atoms with Crippen LogP contribution in [0.25, 0.3) is 22.8 Å². The zero-order valence-corrected chi connectivity index (χ0v) is 11.9.